The fourth-order valence-corrected chi connectivity index (χ4v) is 3.21. The van der Waals surface area contributed by atoms with Gasteiger partial charge in [0.1, 0.15) is 0 Å². The number of hydrogen-bond donors (Lipinski definition) is 1. The number of alkyl halides is 1. The molecule has 0 radical (unpaired) electrons. The smallest absolute Gasteiger partial charge is 0.0465 e. The summed E-state index contributed by atoms with van der Waals surface area (Å²) in [6, 6.07) is 5.63. The van der Waals surface area contributed by atoms with Crippen molar-refractivity contribution in [3.8, 4) is 0 Å². The van der Waals surface area contributed by atoms with Gasteiger partial charge >= 0.3 is 0 Å². The van der Waals surface area contributed by atoms with E-state index in [4.69, 9.17) is 34.8 Å². The van der Waals surface area contributed by atoms with E-state index in [1.54, 1.807) is 0 Å². The molecule has 0 saturated heterocycles. The second kappa shape index (κ2) is 7.00. The zero-order valence-corrected chi connectivity index (χ0v) is 12.5. The highest BCUT2D eigenvalue weighted by Gasteiger charge is 2.19. The van der Waals surface area contributed by atoms with Crippen molar-refractivity contribution >= 4 is 34.8 Å². The molecular weight excluding hydrogens is 289 g/mol. The molecular formula is C14H18Cl3N. The van der Waals surface area contributed by atoms with Gasteiger partial charge in [-0.05, 0) is 50.3 Å². The number of benzene rings is 1. The lowest BCUT2D eigenvalue weighted by Crippen LogP contribution is -2.26. The SMILES string of the molecule is Clc1cccc(Cl)c1CNCC1CCC(Cl)CC1. The first kappa shape index (κ1) is 14.5. The van der Waals surface area contributed by atoms with Crippen LogP contribution in [0.25, 0.3) is 0 Å². The quantitative estimate of drug-likeness (QED) is 0.782. The van der Waals surface area contributed by atoms with E-state index in [0.717, 1.165) is 47.5 Å². The molecule has 1 N–H and O–H groups in total. The third-order valence-electron chi connectivity index (χ3n) is 3.57. The minimum atomic E-state index is 0.388. The fraction of sp³-hybridized carbons (Fsp3) is 0.571. The average molecular weight is 307 g/mol. The van der Waals surface area contributed by atoms with Crippen LogP contribution in [0.1, 0.15) is 31.2 Å². The van der Waals surface area contributed by atoms with Crippen LogP contribution in [0.4, 0.5) is 0 Å². The van der Waals surface area contributed by atoms with Crippen molar-refractivity contribution < 1.29 is 0 Å². The van der Waals surface area contributed by atoms with Gasteiger partial charge < -0.3 is 5.32 Å². The van der Waals surface area contributed by atoms with Crippen molar-refractivity contribution in [2.45, 2.75) is 37.6 Å². The molecule has 1 aromatic rings. The molecule has 18 heavy (non-hydrogen) atoms. The summed E-state index contributed by atoms with van der Waals surface area (Å²) in [7, 11) is 0. The molecule has 100 valence electrons. The van der Waals surface area contributed by atoms with Crippen LogP contribution >= 0.6 is 34.8 Å². The Bertz CT molecular complexity index is 366. The molecule has 1 nitrogen and oxygen atoms in total. The van der Waals surface area contributed by atoms with Gasteiger partial charge in [-0.25, -0.2) is 0 Å². The highest BCUT2D eigenvalue weighted by Crippen LogP contribution is 2.28. The summed E-state index contributed by atoms with van der Waals surface area (Å²) in [4.78, 5) is 0. The fourth-order valence-electron chi connectivity index (χ4n) is 2.43. The predicted octanol–water partition coefficient (Wildman–Crippen LogP) is 4.88. The summed E-state index contributed by atoms with van der Waals surface area (Å²) in [6.07, 6.45) is 4.72. The van der Waals surface area contributed by atoms with Gasteiger partial charge in [-0.2, -0.15) is 0 Å². The van der Waals surface area contributed by atoms with E-state index >= 15 is 0 Å². The van der Waals surface area contributed by atoms with Crippen LogP contribution in [0.2, 0.25) is 10.0 Å². The maximum Gasteiger partial charge on any atom is 0.0465 e. The molecule has 0 aliphatic heterocycles. The van der Waals surface area contributed by atoms with Crippen molar-refractivity contribution in [3.05, 3.63) is 33.8 Å². The molecule has 4 heteroatoms. The van der Waals surface area contributed by atoms with Gasteiger partial charge in [0.25, 0.3) is 0 Å². The van der Waals surface area contributed by atoms with E-state index in [0.29, 0.717) is 5.38 Å². The van der Waals surface area contributed by atoms with Crippen LogP contribution in [-0.4, -0.2) is 11.9 Å². The van der Waals surface area contributed by atoms with Crippen molar-refractivity contribution in [3.63, 3.8) is 0 Å². The Hall–Kier alpha value is 0.0500. The zero-order chi connectivity index (χ0) is 13.0. The Balaban J connectivity index is 1.78. The molecule has 0 heterocycles. The number of hydrogen-bond acceptors (Lipinski definition) is 1. The van der Waals surface area contributed by atoms with E-state index in [1.165, 1.54) is 12.8 Å². The van der Waals surface area contributed by atoms with E-state index in [9.17, 15) is 0 Å². The number of halogens is 3. The largest absolute Gasteiger partial charge is 0.312 e. The van der Waals surface area contributed by atoms with Gasteiger partial charge in [0.2, 0.25) is 0 Å². The van der Waals surface area contributed by atoms with Crippen LogP contribution in [-0.2, 0) is 6.54 Å². The molecule has 1 aliphatic carbocycles. The summed E-state index contributed by atoms with van der Waals surface area (Å²) in [6.45, 7) is 1.75. The van der Waals surface area contributed by atoms with Crippen LogP contribution < -0.4 is 5.32 Å². The van der Waals surface area contributed by atoms with E-state index in [-0.39, 0.29) is 0 Å². The molecule has 0 atom stereocenters. The molecule has 0 aromatic heterocycles. The molecule has 1 aromatic carbocycles. The standard InChI is InChI=1S/C14H18Cl3N/c15-11-6-4-10(5-7-11)8-18-9-12-13(16)2-1-3-14(12)17/h1-3,10-11,18H,4-9H2. The summed E-state index contributed by atoms with van der Waals surface area (Å²) in [5.41, 5.74) is 0.992. The minimum absolute atomic E-state index is 0.388. The Labute approximate surface area is 124 Å². The first-order valence-corrected chi connectivity index (χ1v) is 7.63. The van der Waals surface area contributed by atoms with E-state index < -0.39 is 0 Å². The summed E-state index contributed by atoms with van der Waals surface area (Å²) in [5, 5.41) is 5.32. The second-order valence-electron chi connectivity index (χ2n) is 4.95. The number of nitrogens with one attached hydrogen (secondary N) is 1. The van der Waals surface area contributed by atoms with Crippen LogP contribution in [0.3, 0.4) is 0 Å². The number of rotatable bonds is 4. The van der Waals surface area contributed by atoms with Crippen molar-refractivity contribution in [1.29, 1.82) is 0 Å². The Morgan fingerprint density at radius 1 is 1.06 bits per heavy atom. The van der Waals surface area contributed by atoms with Gasteiger partial charge in [-0.1, -0.05) is 29.3 Å². The molecule has 0 amide bonds. The second-order valence-corrected chi connectivity index (χ2v) is 6.38. The lowest BCUT2D eigenvalue weighted by Gasteiger charge is -2.25. The lowest BCUT2D eigenvalue weighted by molar-refractivity contribution is 0.345. The monoisotopic (exact) mass is 305 g/mol. The molecule has 0 unspecified atom stereocenters. The summed E-state index contributed by atoms with van der Waals surface area (Å²) < 4.78 is 0. The van der Waals surface area contributed by atoms with Crippen LogP contribution in [0.5, 0.6) is 0 Å². The van der Waals surface area contributed by atoms with Crippen molar-refractivity contribution in [2.75, 3.05) is 6.54 Å². The van der Waals surface area contributed by atoms with Gasteiger partial charge in [0.05, 0.1) is 0 Å². The molecule has 0 bridgehead atoms. The molecule has 1 aliphatic rings. The maximum absolute atomic E-state index is 6.13. The molecule has 2 rings (SSSR count). The lowest BCUT2D eigenvalue weighted by atomic mass is 9.89. The first-order valence-electron chi connectivity index (χ1n) is 6.44. The Morgan fingerprint density at radius 2 is 1.67 bits per heavy atom. The third kappa shape index (κ3) is 4.03. The average Bonchev–Trinajstić information content (AvgIpc) is 2.35. The van der Waals surface area contributed by atoms with Crippen LogP contribution in [0.15, 0.2) is 18.2 Å². The van der Waals surface area contributed by atoms with Crippen LogP contribution in [0, 0.1) is 5.92 Å². The maximum atomic E-state index is 6.13. The zero-order valence-electron chi connectivity index (χ0n) is 10.3. The predicted molar refractivity (Wildman–Crippen MR) is 79.8 cm³/mol. The van der Waals surface area contributed by atoms with Gasteiger partial charge in [-0.15, -0.1) is 11.6 Å². The molecule has 0 spiro atoms. The summed E-state index contributed by atoms with van der Waals surface area (Å²) >= 11 is 18.4. The van der Waals surface area contributed by atoms with Gasteiger partial charge in [0, 0.05) is 27.5 Å². The normalized spacial score (nSPS) is 24.2. The first-order chi connectivity index (χ1) is 8.66. The minimum Gasteiger partial charge on any atom is -0.312 e. The topological polar surface area (TPSA) is 12.0 Å². The third-order valence-corrected chi connectivity index (χ3v) is 4.72. The van der Waals surface area contributed by atoms with Gasteiger partial charge in [-0.3, -0.25) is 0 Å². The highest BCUT2D eigenvalue weighted by molar-refractivity contribution is 6.35. The molecule has 1 saturated carbocycles. The van der Waals surface area contributed by atoms with E-state index in [1.807, 2.05) is 18.2 Å². The summed E-state index contributed by atoms with van der Waals surface area (Å²) in [5.74, 6) is 0.737. The van der Waals surface area contributed by atoms with Crippen molar-refractivity contribution in [2.24, 2.45) is 5.92 Å². The molecule has 1 fully saturated rings. The highest BCUT2D eigenvalue weighted by atomic mass is 35.5. The Morgan fingerprint density at radius 3 is 2.28 bits per heavy atom. The van der Waals surface area contributed by atoms with Crippen molar-refractivity contribution in [1.82, 2.24) is 5.32 Å². The van der Waals surface area contributed by atoms with E-state index in [2.05, 4.69) is 5.32 Å². The Kier molecular flexibility index (Phi) is 5.62. The van der Waals surface area contributed by atoms with Gasteiger partial charge in [0.15, 0.2) is 0 Å².